The SMILES string of the molecule is CC1CC(C(=O)NCc2cccc(Br)c2)(/C(N)=N/O)C1. The van der Waals surface area contributed by atoms with E-state index in [0.29, 0.717) is 25.3 Å². The Bertz CT molecular complexity index is 539. The van der Waals surface area contributed by atoms with Gasteiger partial charge in [-0.25, -0.2) is 0 Å². The lowest BCUT2D eigenvalue weighted by atomic mass is 9.61. The summed E-state index contributed by atoms with van der Waals surface area (Å²) in [7, 11) is 0. The van der Waals surface area contributed by atoms with Crippen LogP contribution >= 0.6 is 15.9 Å². The number of carbonyl (C=O) groups excluding carboxylic acids is 1. The second-order valence-electron chi connectivity index (χ2n) is 5.39. The molecule has 1 aromatic carbocycles. The van der Waals surface area contributed by atoms with Crippen LogP contribution < -0.4 is 11.1 Å². The zero-order valence-corrected chi connectivity index (χ0v) is 12.9. The summed E-state index contributed by atoms with van der Waals surface area (Å²) in [5.74, 6) is 0.236. The number of hydrogen-bond donors (Lipinski definition) is 3. The first-order valence-electron chi connectivity index (χ1n) is 6.48. The van der Waals surface area contributed by atoms with Crippen molar-refractivity contribution in [2.75, 3.05) is 0 Å². The number of nitrogens with one attached hydrogen (secondary N) is 1. The fraction of sp³-hybridized carbons (Fsp3) is 0.429. The van der Waals surface area contributed by atoms with E-state index in [1.54, 1.807) is 0 Å². The molecular weight excluding hydrogens is 322 g/mol. The van der Waals surface area contributed by atoms with Gasteiger partial charge in [0, 0.05) is 11.0 Å². The van der Waals surface area contributed by atoms with E-state index in [1.165, 1.54) is 0 Å². The van der Waals surface area contributed by atoms with E-state index in [4.69, 9.17) is 10.9 Å². The fourth-order valence-electron chi connectivity index (χ4n) is 2.73. The number of halogens is 1. The smallest absolute Gasteiger partial charge is 0.234 e. The highest BCUT2D eigenvalue weighted by Gasteiger charge is 2.52. The van der Waals surface area contributed by atoms with E-state index in [-0.39, 0.29) is 11.7 Å². The van der Waals surface area contributed by atoms with Crippen molar-refractivity contribution in [1.82, 2.24) is 5.32 Å². The fourth-order valence-corrected chi connectivity index (χ4v) is 3.18. The molecule has 1 aliphatic carbocycles. The average Bonchev–Trinajstić information content (AvgIpc) is 2.40. The van der Waals surface area contributed by atoms with Gasteiger partial charge < -0.3 is 16.3 Å². The van der Waals surface area contributed by atoms with Crippen molar-refractivity contribution in [3.8, 4) is 0 Å². The largest absolute Gasteiger partial charge is 0.409 e. The molecule has 0 atom stereocenters. The van der Waals surface area contributed by atoms with Crippen molar-refractivity contribution in [2.45, 2.75) is 26.3 Å². The highest BCUT2D eigenvalue weighted by Crippen LogP contribution is 2.45. The zero-order chi connectivity index (χ0) is 14.8. The maximum atomic E-state index is 12.4. The van der Waals surface area contributed by atoms with Crippen molar-refractivity contribution in [3.05, 3.63) is 34.3 Å². The third-order valence-electron chi connectivity index (χ3n) is 3.77. The summed E-state index contributed by atoms with van der Waals surface area (Å²) in [4.78, 5) is 12.4. The van der Waals surface area contributed by atoms with Crippen LogP contribution in [0.1, 0.15) is 25.3 Å². The molecule has 0 aromatic heterocycles. The van der Waals surface area contributed by atoms with E-state index in [1.807, 2.05) is 31.2 Å². The molecule has 1 fully saturated rings. The Hall–Kier alpha value is -1.56. The van der Waals surface area contributed by atoms with Crippen molar-refractivity contribution in [1.29, 1.82) is 0 Å². The van der Waals surface area contributed by atoms with E-state index < -0.39 is 5.41 Å². The second kappa shape index (κ2) is 5.83. The summed E-state index contributed by atoms with van der Waals surface area (Å²) in [5, 5.41) is 14.8. The number of amidine groups is 1. The van der Waals surface area contributed by atoms with Gasteiger partial charge in [-0.15, -0.1) is 0 Å². The number of benzene rings is 1. The monoisotopic (exact) mass is 339 g/mol. The van der Waals surface area contributed by atoms with Gasteiger partial charge in [-0.1, -0.05) is 40.1 Å². The summed E-state index contributed by atoms with van der Waals surface area (Å²) < 4.78 is 0.965. The molecule has 1 amide bonds. The highest BCUT2D eigenvalue weighted by atomic mass is 79.9. The molecule has 0 bridgehead atoms. The van der Waals surface area contributed by atoms with Crippen LogP contribution in [0.2, 0.25) is 0 Å². The Morgan fingerprint density at radius 2 is 2.30 bits per heavy atom. The molecule has 2 rings (SSSR count). The van der Waals surface area contributed by atoms with Crippen LogP contribution in [0.15, 0.2) is 33.9 Å². The van der Waals surface area contributed by atoms with Gasteiger partial charge in [0.1, 0.15) is 5.41 Å². The zero-order valence-electron chi connectivity index (χ0n) is 11.3. The first-order chi connectivity index (χ1) is 9.48. The second-order valence-corrected chi connectivity index (χ2v) is 6.31. The molecular formula is C14H18BrN3O2. The van der Waals surface area contributed by atoms with E-state index in [2.05, 4.69) is 26.4 Å². The first-order valence-corrected chi connectivity index (χ1v) is 7.28. The van der Waals surface area contributed by atoms with E-state index >= 15 is 0 Å². The number of rotatable bonds is 4. The Morgan fingerprint density at radius 3 is 2.85 bits per heavy atom. The normalized spacial score (nSPS) is 25.9. The number of nitrogens with zero attached hydrogens (tertiary/aromatic N) is 1. The molecule has 20 heavy (non-hydrogen) atoms. The molecule has 4 N–H and O–H groups in total. The Balaban J connectivity index is 2.04. The summed E-state index contributed by atoms with van der Waals surface area (Å²) >= 11 is 3.39. The number of hydrogen-bond acceptors (Lipinski definition) is 3. The Morgan fingerprint density at radius 1 is 1.60 bits per heavy atom. The van der Waals surface area contributed by atoms with Gasteiger partial charge in [0.15, 0.2) is 5.84 Å². The van der Waals surface area contributed by atoms with Gasteiger partial charge in [0.05, 0.1) is 0 Å². The highest BCUT2D eigenvalue weighted by molar-refractivity contribution is 9.10. The minimum Gasteiger partial charge on any atom is -0.409 e. The molecule has 0 unspecified atom stereocenters. The number of amides is 1. The summed E-state index contributed by atoms with van der Waals surface area (Å²) in [6.45, 7) is 2.47. The minimum absolute atomic E-state index is 0.00217. The van der Waals surface area contributed by atoms with Gasteiger partial charge in [-0.3, -0.25) is 4.79 Å². The molecule has 5 nitrogen and oxygen atoms in total. The van der Waals surface area contributed by atoms with Crippen molar-refractivity contribution in [3.63, 3.8) is 0 Å². The first kappa shape index (κ1) is 14.8. The Labute approximate surface area is 126 Å². The summed E-state index contributed by atoms with van der Waals surface area (Å²) in [6.07, 6.45) is 1.24. The number of nitrogens with two attached hydrogens (primary N) is 1. The summed E-state index contributed by atoms with van der Waals surface area (Å²) in [6, 6.07) is 7.72. The number of oxime groups is 1. The molecule has 0 aliphatic heterocycles. The molecule has 6 heteroatoms. The summed E-state index contributed by atoms with van der Waals surface area (Å²) in [5.41, 5.74) is 5.85. The predicted octanol–water partition coefficient (Wildman–Crippen LogP) is 2.23. The van der Waals surface area contributed by atoms with Crippen LogP contribution in [0.5, 0.6) is 0 Å². The van der Waals surface area contributed by atoms with Crippen LogP contribution in [0.25, 0.3) is 0 Å². The average molecular weight is 340 g/mol. The third kappa shape index (κ3) is 2.80. The van der Waals surface area contributed by atoms with Crippen LogP contribution in [0, 0.1) is 11.3 Å². The van der Waals surface area contributed by atoms with Crippen LogP contribution in [0.4, 0.5) is 0 Å². The third-order valence-corrected chi connectivity index (χ3v) is 4.26. The Kier molecular flexibility index (Phi) is 4.32. The molecule has 1 aromatic rings. The quantitative estimate of drug-likeness (QED) is 0.340. The lowest BCUT2D eigenvalue weighted by molar-refractivity contribution is -0.133. The molecule has 108 valence electrons. The molecule has 0 saturated heterocycles. The standard InChI is InChI=1S/C14H18BrN3O2/c1-9-6-14(7-9,12(16)18-20)13(19)17-8-10-3-2-4-11(15)5-10/h2-5,9,20H,6-8H2,1H3,(H2,16,18)(H,17,19). The van der Waals surface area contributed by atoms with Crippen molar-refractivity contribution < 1.29 is 10.0 Å². The lowest BCUT2D eigenvalue weighted by Gasteiger charge is -2.43. The topological polar surface area (TPSA) is 87.7 Å². The molecule has 0 spiro atoms. The van der Waals surface area contributed by atoms with Gasteiger partial charge >= 0.3 is 0 Å². The number of carbonyl (C=O) groups is 1. The van der Waals surface area contributed by atoms with E-state index in [0.717, 1.165) is 10.0 Å². The molecule has 0 radical (unpaired) electrons. The van der Waals surface area contributed by atoms with Gasteiger partial charge in [-0.05, 0) is 36.5 Å². The van der Waals surface area contributed by atoms with Gasteiger partial charge in [-0.2, -0.15) is 0 Å². The maximum absolute atomic E-state index is 12.4. The van der Waals surface area contributed by atoms with E-state index in [9.17, 15) is 4.79 Å². The molecule has 1 aliphatic rings. The maximum Gasteiger partial charge on any atom is 0.234 e. The van der Waals surface area contributed by atoms with Crippen LogP contribution in [-0.4, -0.2) is 17.0 Å². The van der Waals surface area contributed by atoms with Gasteiger partial charge in [0.2, 0.25) is 5.91 Å². The van der Waals surface area contributed by atoms with Gasteiger partial charge in [0.25, 0.3) is 0 Å². The van der Waals surface area contributed by atoms with Crippen LogP contribution in [0.3, 0.4) is 0 Å². The molecule has 0 heterocycles. The molecule has 1 saturated carbocycles. The minimum atomic E-state index is -0.847. The lowest BCUT2D eigenvalue weighted by Crippen LogP contribution is -2.56. The van der Waals surface area contributed by atoms with Crippen molar-refractivity contribution >= 4 is 27.7 Å². The van der Waals surface area contributed by atoms with Crippen molar-refractivity contribution in [2.24, 2.45) is 22.2 Å². The predicted molar refractivity (Wildman–Crippen MR) is 80.2 cm³/mol. The van der Waals surface area contributed by atoms with Crippen LogP contribution in [-0.2, 0) is 11.3 Å².